The van der Waals surface area contributed by atoms with Crippen molar-refractivity contribution in [3.05, 3.63) is 58.7 Å². The molecule has 0 spiro atoms. The van der Waals surface area contributed by atoms with Gasteiger partial charge in [-0.05, 0) is 42.0 Å². The van der Waals surface area contributed by atoms with Crippen LogP contribution in [0.1, 0.15) is 36.4 Å². The summed E-state index contributed by atoms with van der Waals surface area (Å²) in [4.78, 5) is 28.6. The van der Waals surface area contributed by atoms with Gasteiger partial charge in [-0.15, -0.1) is 0 Å². The Morgan fingerprint density at radius 1 is 1.11 bits per heavy atom. The van der Waals surface area contributed by atoms with Gasteiger partial charge in [0.2, 0.25) is 5.91 Å². The fourth-order valence-electron chi connectivity index (χ4n) is 4.21. The second-order valence-electron chi connectivity index (χ2n) is 8.18. The fraction of sp³-hybridized carbons (Fsp3) is 0.280. The minimum atomic E-state index is -1.05. The van der Waals surface area contributed by atoms with Gasteiger partial charge in [-0.25, -0.2) is 9.99 Å². The predicted octanol–water partition coefficient (Wildman–Crippen LogP) is 4.21. The number of rotatable bonds is 6. The van der Waals surface area contributed by atoms with Crippen LogP contribution in [-0.2, 0) is 9.59 Å². The van der Waals surface area contributed by atoms with E-state index in [2.05, 4.69) is 10.1 Å². The highest BCUT2D eigenvalue weighted by molar-refractivity contribution is 6.30. The second kappa shape index (κ2) is 9.42. The van der Waals surface area contributed by atoms with E-state index in [9.17, 15) is 9.59 Å². The zero-order valence-corrected chi connectivity index (χ0v) is 19.6. The summed E-state index contributed by atoms with van der Waals surface area (Å²) in [5.41, 5.74) is 2.77. The lowest BCUT2D eigenvalue weighted by Gasteiger charge is -2.23. The van der Waals surface area contributed by atoms with Crippen LogP contribution >= 0.6 is 11.6 Å². The summed E-state index contributed by atoms with van der Waals surface area (Å²) < 4.78 is 16.6. The monoisotopic (exact) mass is 495 g/mol. The molecule has 0 radical (unpaired) electrons. The summed E-state index contributed by atoms with van der Waals surface area (Å²) in [5.74, 6) is 0.478. The van der Waals surface area contributed by atoms with Gasteiger partial charge >= 0.3 is 5.97 Å². The van der Waals surface area contributed by atoms with Crippen molar-refractivity contribution in [2.45, 2.75) is 25.3 Å². The number of halogens is 1. The number of carbonyl (C=O) groups excluding carboxylic acids is 1. The number of pyridine rings is 1. The largest absolute Gasteiger partial charge is 0.497 e. The number of nitrogens with zero attached hydrogens (tertiary/aromatic N) is 3. The number of aromatic nitrogens is 1. The van der Waals surface area contributed by atoms with Crippen molar-refractivity contribution in [3.63, 3.8) is 0 Å². The molecule has 180 valence electrons. The summed E-state index contributed by atoms with van der Waals surface area (Å²) in [6, 6.07) is 12.3. The molecule has 3 heterocycles. The molecule has 0 bridgehead atoms. The number of hydrogen-bond acceptors (Lipinski definition) is 7. The third-order valence-corrected chi connectivity index (χ3v) is 6.26. The lowest BCUT2D eigenvalue weighted by Crippen LogP contribution is -2.27. The van der Waals surface area contributed by atoms with E-state index in [0.29, 0.717) is 53.7 Å². The highest BCUT2D eigenvalue weighted by Crippen LogP contribution is 2.40. The number of carbonyl (C=O) groups is 2. The SMILES string of the molecule is COc1ccc(C2=NN(C(=O)CCC(=O)O)C(c3cc4cc5c(cc4nc3Cl)OCCO5)C2)cc1. The van der Waals surface area contributed by atoms with E-state index in [-0.39, 0.29) is 18.0 Å². The number of hydrazone groups is 1. The lowest BCUT2D eigenvalue weighted by atomic mass is 9.98. The maximum absolute atomic E-state index is 13.0. The number of aliphatic carboxylic acids is 1. The van der Waals surface area contributed by atoms with Crippen molar-refractivity contribution in [1.82, 2.24) is 9.99 Å². The van der Waals surface area contributed by atoms with Crippen LogP contribution in [0.25, 0.3) is 10.9 Å². The topological polar surface area (TPSA) is 111 Å². The van der Waals surface area contributed by atoms with Crippen LogP contribution in [0, 0.1) is 0 Å². The number of methoxy groups -OCH3 is 1. The van der Waals surface area contributed by atoms with Gasteiger partial charge in [0.25, 0.3) is 0 Å². The number of fused-ring (bicyclic) bond motifs is 2. The van der Waals surface area contributed by atoms with Crippen LogP contribution in [0.2, 0.25) is 5.15 Å². The summed E-state index contributed by atoms with van der Waals surface area (Å²) >= 11 is 6.61. The van der Waals surface area contributed by atoms with E-state index in [0.717, 1.165) is 10.9 Å². The molecule has 0 fully saturated rings. The molecule has 35 heavy (non-hydrogen) atoms. The molecule has 0 saturated carbocycles. The number of benzene rings is 2. The first-order valence-corrected chi connectivity index (χ1v) is 11.5. The quantitative estimate of drug-likeness (QED) is 0.510. The first-order chi connectivity index (χ1) is 16.9. The number of amides is 1. The molecule has 2 aliphatic heterocycles. The summed E-state index contributed by atoms with van der Waals surface area (Å²) in [6.07, 6.45) is -0.0756. The van der Waals surface area contributed by atoms with Crippen molar-refractivity contribution in [2.75, 3.05) is 20.3 Å². The lowest BCUT2D eigenvalue weighted by molar-refractivity contribution is -0.141. The van der Waals surface area contributed by atoms with Crippen molar-refractivity contribution in [3.8, 4) is 17.2 Å². The normalized spacial score (nSPS) is 16.8. The number of carboxylic acids is 1. The van der Waals surface area contributed by atoms with E-state index in [1.54, 1.807) is 13.2 Å². The molecule has 0 saturated heterocycles. The molecular formula is C25H22ClN3O6. The van der Waals surface area contributed by atoms with E-state index in [1.807, 2.05) is 36.4 Å². The average Bonchev–Trinajstić information content (AvgIpc) is 3.31. The molecule has 1 unspecified atom stereocenters. The maximum Gasteiger partial charge on any atom is 0.303 e. The minimum absolute atomic E-state index is 0.178. The Balaban J connectivity index is 1.53. The average molecular weight is 496 g/mol. The van der Waals surface area contributed by atoms with E-state index >= 15 is 0 Å². The predicted molar refractivity (Wildman–Crippen MR) is 128 cm³/mol. The Kier molecular flexibility index (Phi) is 6.17. The molecule has 10 heteroatoms. The van der Waals surface area contributed by atoms with Gasteiger partial charge < -0.3 is 19.3 Å². The van der Waals surface area contributed by atoms with Crippen LogP contribution < -0.4 is 14.2 Å². The Hall–Kier alpha value is -3.85. The van der Waals surface area contributed by atoms with Gasteiger partial charge in [0, 0.05) is 29.9 Å². The van der Waals surface area contributed by atoms with Crippen LogP contribution in [0.3, 0.4) is 0 Å². The number of ether oxygens (including phenoxy) is 3. The first-order valence-electron chi connectivity index (χ1n) is 11.1. The maximum atomic E-state index is 13.0. The summed E-state index contributed by atoms with van der Waals surface area (Å²) in [6.45, 7) is 0.922. The standard InChI is InChI=1S/C25H22ClN3O6/c1-33-16-4-2-14(3-5-16)19-12-20(29(28-19)23(30)6-7-24(31)32)17-10-15-11-21-22(35-9-8-34-21)13-18(15)27-25(17)26/h2-5,10-11,13,20H,6-9,12H2,1H3,(H,31,32). The summed E-state index contributed by atoms with van der Waals surface area (Å²) in [5, 5.41) is 16.0. The minimum Gasteiger partial charge on any atom is -0.497 e. The van der Waals surface area contributed by atoms with Crippen molar-refractivity contribution >= 4 is 40.1 Å². The molecule has 2 aliphatic rings. The molecule has 2 aromatic carbocycles. The van der Waals surface area contributed by atoms with Gasteiger partial charge in [0.15, 0.2) is 11.5 Å². The second-order valence-corrected chi connectivity index (χ2v) is 8.54. The third-order valence-electron chi connectivity index (χ3n) is 5.96. The molecular weight excluding hydrogens is 474 g/mol. The van der Waals surface area contributed by atoms with Crippen LogP contribution in [0.5, 0.6) is 17.2 Å². The highest BCUT2D eigenvalue weighted by Gasteiger charge is 2.35. The molecule has 0 aliphatic carbocycles. The number of carboxylic acid groups (broad SMARTS) is 1. The van der Waals surface area contributed by atoms with Gasteiger partial charge in [-0.3, -0.25) is 9.59 Å². The molecule has 3 aromatic rings. The molecule has 5 rings (SSSR count). The third kappa shape index (κ3) is 4.59. The first kappa shape index (κ1) is 22.9. The Labute approximate surface area is 205 Å². The Bertz CT molecular complexity index is 1340. The van der Waals surface area contributed by atoms with E-state index in [4.69, 9.17) is 30.9 Å². The van der Waals surface area contributed by atoms with Crippen LogP contribution in [0.4, 0.5) is 0 Å². The van der Waals surface area contributed by atoms with Crippen LogP contribution in [-0.4, -0.2) is 53.0 Å². The van der Waals surface area contributed by atoms with Crippen molar-refractivity contribution < 1.29 is 28.9 Å². The van der Waals surface area contributed by atoms with Gasteiger partial charge in [0.1, 0.15) is 24.1 Å². The zero-order valence-electron chi connectivity index (χ0n) is 18.9. The smallest absolute Gasteiger partial charge is 0.303 e. The Morgan fingerprint density at radius 3 is 2.51 bits per heavy atom. The fourth-order valence-corrected chi connectivity index (χ4v) is 4.48. The number of hydrogen-bond donors (Lipinski definition) is 1. The van der Waals surface area contributed by atoms with Crippen molar-refractivity contribution in [1.29, 1.82) is 0 Å². The van der Waals surface area contributed by atoms with Gasteiger partial charge in [-0.2, -0.15) is 5.10 Å². The van der Waals surface area contributed by atoms with Crippen LogP contribution in [0.15, 0.2) is 47.6 Å². The molecule has 1 N–H and O–H groups in total. The molecule has 1 amide bonds. The Morgan fingerprint density at radius 2 is 1.83 bits per heavy atom. The summed E-state index contributed by atoms with van der Waals surface area (Å²) in [7, 11) is 1.59. The zero-order chi connectivity index (χ0) is 24.5. The van der Waals surface area contributed by atoms with Gasteiger partial charge in [0.05, 0.1) is 30.8 Å². The molecule has 1 atom stereocenters. The highest BCUT2D eigenvalue weighted by atomic mass is 35.5. The molecule has 9 nitrogen and oxygen atoms in total. The van der Waals surface area contributed by atoms with E-state index < -0.39 is 17.9 Å². The van der Waals surface area contributed by atoms with Gasteiger partial charge in [-0.1, -0.05) is 11.6 Å². The van der Waals surface area contributed by atoms with E-state index in [1.165, 1.54) is 5.01 Å². The molecule has 1 aromatic heterocycles. The van der Waals surface area contributed by atoms with Crippen molar-refractivity contribution in [2.24, 2.45) is 5.10 Å².